The minimum absolute atomic E-state index is 0.120. The van der Waals surface area contributed by atoms with Gasteiger partial charge in [-0.15, -0.1) is 0 Å². The Balaban J connectivity index is 1.75. The first-order chi connectivity index (χ1) is 13.4. The topological polar surface area (TPSA) is 75.7 Å². The molecule has 1 heterocycles. The molecule has 3 rings (SSSR count). The third-order valence-electron chi connectivity index (χ3n) is 5.05. The Morgan fingerprint density at radius 1 is 1.14 bits per heavy atom. The molecule has 1 amide bonds. The SMILES string of the molecule is CCC(C)c1ccc(NC(=O)c2cccc(S(=O)(=O)N3CCOCC3)c2)cc1. The van der Waals surface area contributed by atoms with Crippen LogP contribution in [-0.2, 0) is 14.8 Å². The maximum absolute atomic E-state index is 12.8. The van der Waals surface area contributed by atoms with E-state index in [2.05, 4.69) is 19.2 Å². The molecule has 0 radical (unpaired) electrons. The summed E-state index contributed by atoms with van der Waals surface area (Å²) in [4.78, 5) is 12.7. The van der Waals surface area contributed by atoms with Crippen molar-refractivity contribution in [3.05, 3.63) is 59.7 Å². The largest absolute Gasteiger partial charge is 0.379 e. The summed E-state index contributed by atoms with van der Waals surface area (Å²) in [6, 6.07) is 13.9. The van der Waals surface area contributed by atoms with Crippen molar-refractivity contribution in [2.24, 2.45) is 0 Å². The molecule has 0 saturated carbocycles. The number of nitrogens with zero attached hydrogens (tertiary/aromatic N) is 1. The first-order valence-electron chi connectivity index (χ1n) is 9.51. The smallest absolute Gasteiger partial charge is 0.255 e. The van der Waals surface area contributed by atoms with Gasteiger partial charge in [-0.3, -0.25) is 4.79 Å². The molecular weight excluding hydrogens is 376 g/mol. The zero-order valence-electron chi connectivity index (χ0n) is 16.2. The van der Waals surface area contributed by atoms with Crippen LogP contribution in [0.1, 0.15) is 42.1 Å². The van der Waals surface area contributed by atoms with E-state index in [1.165, 1.54) is 22.0 Å². The van der Waals surface area contributed by atoms with Crippen molar-refractivity contribution in [2.75, 3.05) is 31.6 Å². The van der Waals surface area contributed by atoms with E-state index in [0.717, 1.165) is 6.42 Å². The van der Waals surface area contributed by atoms with Gasteiger partial charge in [0.25, 0.3) is 5.91 Å². The van der Waals surface area contributed by atoms with Gasteiger partial charge in [-0.1, -0.05) is 32.0 Å². The number of ether oxygens (including phenoxy) is 1. The number of nitrogens with one attached hydrogen (secondary N) is 1. The van der Waals surface area contributed by atoms with Crippen LogP contribution in [0.15, 0.2) is 53.4 Å². The predicted molar refractivity (Wildman–Crippen MR) is 109 cm³/mol. The lowest BCUT2D eigenvalue weighted by Gasteiger charge is -2.26. The molecule has 0 spiro atoms. The van der Waals surface area contributed by atoms with Crippen LogP contribution in [0.3, 0.4) is 0 Å². The van der Waals surface area contributed by atoms with Crippen LogP contribution in [0.25, 0.3) is 0 Å². The highest BCUT2D eigenvalue weighted by atomic mass is 32.2. The molecule has 1 fully saturated rings. The average Bonchev–Trinajstić information content (AvgIpc) is 2.74. The Labute approximate surface area is 166 Å². The molecule has 2 aromatic rings. The fourth-order valence-corrected chi connectivity index (χ4v) is 4.52. The molecule has 0 aliphatic carbocycles. The van der Waals surface area contributed by atoms with Gasteiger partial charge in [-0.05, 0) is 48.2 Å². The molecular formula is C21H26N2O4S. The molecule has 1 aliphatic rings. The van der Waals surface area contributed by atoms with Gasteiger partial charge in [0.1, 0.15) is 0 Å². The summed E-state index contributed by atoms with van der Waals surface area (Å²) < 4.78 is 32.2. The van der Waals surface area contributed by atoms with Crippen molar-refractivity contribution in [1.29, 1.82) is 0 Å². The molecule has 7 heteroatoms. The number of benzene rings is 2. The third-order valence-corrected chi connectivity index (χ3v) is 6.95. The van der Waals surface area contributed by atoms with Crippen LogP contribution < -0.4 is 5.32 Å². The van der Waals surface area contributed by atoms with Gasteiger partial charge in [0.2, 0.25) is 10.0 Å². The lowest BCUT2D eigenvalue weighted by atomic mass is 9.98. The zero-order chi connectivity index (χ0) is 20.1. The molecule has 1 N–H and O–H groups in total. The van der Waals surface area contributed by atoms with Crippen molar-refractivity contribution < 1.29 is 17.9 Å². The van der Waals surface area contributed by atoms with Gasteiger partial charge in [-0.25, -0.2) is 8.42 Å². The first kappa shape index (κ1) is 20.5. The fraction of sp³-hybridized carbons (Fsp3) is 0.381. The van der Waals surface area contributed by atoms with Gasteiger partial charge in [0.05, 0.1) is 18.1 Å². The number of rotatable bonds is 6. The Kier molecular flexibility index (Phi) is 6.49. The van der Waals surface area contributed by atoms with Gasteiger partial charge >= 0.3 is 0 Å². The summed E-state index contributed by atoms with van der Waals surface area (Å²) >= 11 is 0. The summed E-state index contributed by atoms with van der Waals surface area (Å²) in [5, 5.41) is 2.83. The summed E-state index contributed by atoms with van der Waals surface area (Å²) in [7, 11) is -3.64. The highest BCUT2D eigenvalue weighted by Crippen LogP contribution is 2.22. The lowest BCUT2D eigenvalue weighted by molar-refractivity contribution is 0.0730. The lowest BCUT2D eigenvalue weighted by Crippen LogP contribution is -2.40. The number of carbonyl (C=O) groups is 1. The van der Waals surface area contributed by atoms with E-state index >= 15 is 0 Å². The van der Waals surface area contributed by atoms with Crippen molar-refractivity contribution in [2.45, 2.75) is 31.1 Å². The molecule has 0 bridgehead atoms. The number of morpholine rings is 1. The molecule has 6 nitrogen and oxygen atoms in total. The van der Waals surface area contributed by atoms with E-state index in [4.69, 9.17) is 4.74 Å². The van der Waals surface area contributed by atoms with Crippen LogP contribution in [0.5, 0.6) is 0 Å². The second-order valence-electron chi connectivity index (χ2n) is 6.93. The van der Waals surface area contributed by atoms with Crippen molar-refractivity contribution in [3.63, 3.8) is 0 Å². The molecule has 2 aromatic carbocycles. The van der Waals surface area contributed by atoms with Crippen LogP contribution >= 0.6 is 0 Å². The summed E-state index contributed by atoms with van der Waals surface area (Å²) in [6.07, 6.45) is 1.05. The fourth-order valence-electron chi connectivity index (χ4n) is 3.07. The summed E-state index contributed by atoms with van der Waals surface area (Å²) in [5.74, 6) is 0.127. The van der Waals surface area contributed by atoms with E-state index in [-0.39, 0.29) is 10.8 Å². The molecule has 0 aromatic heterocycles. The second kappa shape index (κ2) is 8.86. The standard InChI is InChI=1S/C21H26N2O4S/c1-3-16(2)17-7-9-19(10-8-17)22-21(24)18-5-4-6-20(15-18)28(25,26)23-11-13-27-14-12-23/h4-10,15-16H,3,11-14H2,1-2H3,(H,22,24). The normalized spacial score (nSPS) is 16.5. The Bertz CT molecular complexity index is 920. The Morgan fingerprint density at radius 2 is 1.82 bits per heavy atom. The second-order valence-corrected chi connectivity index (χ2v) is 8.87. The van der Waals surface area contributed by atoms with E-state index < -0.39 is 10.0 Å². The molecule has 150 valence electrons. The van der Waals surface area contributed by atoms with E-state index in [1.54, 1.807) is 12.1 Å². The molecule has 28 heavy (non-hydrogen) atoms. The number of amides is 1. The van der Waals surface area contributed by atoms with Gasteiger partial charge in [-0.2, -0.15) is 4.31 Å². The Morgan fingerprint density at radius 3 is 2.46 bits per heavy atom. The summed E-state index contributed by atoms with van der Waals surface area (Å²) in [6.45, 7) is 5.70. The number of sulfonamides is 1. The molecule has 1 saturated heterocycles. The van der Waals surface area contributed by atoms with Crippen molar-refractivity contribution in [1.82, 2.24) is 4.31 Å². The van der Waals surface area contributed by atoms with E-state index in [9.17, 15) is 13.2 Å². The molecule has 1 aliphatic heterocycles. The average molecular weight is 403 g/mol. The van der Waals surface area contributed by atoms with Gasteiger partial charge < -0.3 is 10.1 Å². The quantitative estimate of drug-likeness (QED) is 0.803. The number of anilines is 1. The maximum atomic E-state index is 12.8. The highest BCUT2D eigenvalue weighted by molar-refractivity contribution is 7.89. The number of hydrogen-bond acceptors (Lipinski definition) is 4. The van der Waals surface area contributed by atoms with E-state index in [0.29, 0.717) is 43.5 Å². The van der Waals surface area contributed by atoms with Gasteiger partial charge in [0, 0.05) is 24.3 Å². The maximum Gasteiger partial charge on any atom is 0.255 e. The molecule has 1 atom stereocenters. The predicted octanol–water partition coefficient (Wildman–Crippen LogP) is 3.47. The summed E-state index contributed by atoms with van der Waals surface area (Å²) in [5.41, 5.74) is 2.21. The Hall–Kier alpha value is -2.22. The number of hydrogen-bond donors (Lipinski definition) is 1. The monoisotopic (exact) mass is 402 g/mol. The minimum atomic E-state index is -3.64. The van der Waals surface area contributed by atoms with Gasteiger partial charge in [0.15, 0.2) is 0 Å². The van der Waals surface area contributed by atoms with Crippen LogP contribution in [0, 0.1) is 0 Å². The zero-order valence-corrected chi connectivity index (χ0v) is 17.0. The van der Waals surface area contributed by atoms with Crippen LogP contribution in [0.2, 0.25) is 0 Å². The number of carbonyl (C=O) groups excluding carboxylic acids is 1. The molecule has 1 unspecified atom stereocenters. The first-order valence-corrected chi connectivity index (χ1v) is 10.9. The van der Waals surface area contributed by atoms with Crippen molar-refractivity contribution >= 4 is 21.6 Å². The van der Waals surface area contributed by atoms with E-state index in [1.807, 2.05) is 24.3 Å². The minimum Gasteiger partial charge on any atom is -0.379 e. The van der Waals surface area contributed by atoms with Crippen LogP contribution in [-0.4, -0.2) is 44.9 Å². The highest BCUT2D eigenvalue weighted by Gasteiger charge is 2.26. The van der Waals surface area contributed by atoms with Crippen molar-refractivity contribution in [3.8, 4) is 0 Å². The van der Waals surface area contributed by atoms with Crippen LogP contribution in [0.4, 0.5) is 5.69 Å². The third kappa shape index (κ3) is 4.60.